The van der Waals surface area contributed by atoms with Crippen LogP contribution in [0.2, 0.25) is 0 Å². The Labute approximate surface area is 135 Å². The van der Waals surface area contributed by atoms with E-state index in [1.807, 2.05) is 30.3 Å². The second kappa shape index (κ2) is 6.94. The van der Waals surface area contributed by atoms with Crippen molar-refractivity contribution in [3.8, 4) is 0 Å². The highest BCUT2D eigenvalue weighted by atomic mass is 16.6. The number of amides is 2. The van der Waals surface area contributed by atoms with Gasteiger partial charge in [-0.15, -0.1) is 0 Å². The van der Waals surface area contributed by atoms with Crippen molar-refractivity contribution < 1.29 is 19.1 Å². The summed E-state index contributed by atoms with van der Waals surface area (Å²) in [6.07, 6.45) is 5.33. The van der Waals surface area contributed by atoms with Crippen LogP contribution in [0.25, 0.3) is 0 Å². The van der Waals surface area contributed by atoms with Gasteiger partial charge >= 0.3 is 12.1 Å². The van der Waals surface area contributed by atoms with Crippen molar-refractivity contribution in [2.75, 3.05) is 0 Å². The van der Waals surface area contributed by atoms with Gasteiger partial charge < -0.3 is 4.74 Å². The third-order valence-electron chi connectivity index (χ3n) is 4.75. The second-order valence-corrected chi connectivity index (χ2v) is 6.35. The molecule has 1 aromatic rings. The highest BCUT2D eigenvalue weighted by molar-refractivity contribution is 6.05. The third-order valence-corrected chi connectivity index (χ3v) is 4.75. The summed E-state index contributed by atoms with van der Waals surface area (Å²) in [6.45, 7) is 0. The fraction of sp³-hybridized carbons (Fsp3) is 0.500. The molecule has 1 saturated heterocycles. The molecule has 122 valence electrons. The SMILES string of the molecule is O=C1OC(=O)N(C(=O)CCC2CCCC2)C1Cc1ccccc1. The molecule has 5 heteroatoms. The largest absolute Gasteiger partial charge is 0.425 e. The molecule has 0 N–H and O–H groups in total. The maximum absolute atomic E-state index is 12.4. The Morgan fingerprint density at radius 2 is 1.83 bits per heavy atom. The van der Waals surface area contributed by atoms with E-state index in [9.17, 15) is 14.4 Å². The van der Waals surface area contributed by atoms with Crippen LogP contribution >= 0.6 is 0 Å². The molecule has 0 aromatic heterocycles. The summed E-state index contributed by atoms with van der Waals surface area (Å²) in [6, 6.07) is 8.52. The van der Waals surface area contributed by atoms with Crippen LogP contribution < -0.4 is 0 Å². The number of nitrogens with zero attached hydrogens (tertiary/aromatic N) is 1. The van der Waals surface area contributed by atoms with E-state index in [0.717, 1.165) is 29.7 Å². The van der Waals surface area contributed by atoms with E-state index in [2.05, 4.69) is 4.74 Å². The fourth-order valence-electron chi connectivity index (χ4n) is 3.47. The topological polar surface area (TPSA) is 63.7 Å². The highest BCUT2D eigenvalue weighted by Gasteiger charge is 2.44. The first-order valence-electron chi connectivity index (χ1n) is 8.27. The zero-order valence-corrected chi connectivity index (χ0v) is 13.1. The van der Waals surface area contributed by atoms with Gasteiger partial charge in [0.05, 0.1) is 0 Å². The van der Waals surface area contributed by atoms with E-state index in [4.69, 9.17) is 0 Å². The van der Waals surface area contributed by atoms with E-state index in [1.165, 1.54) is 12.8 Å². The number of benzene rings is 1. The number of carbonyl (C=O) groups is 3. The average molecular weight is 315 g/mol. The Balaban J connectivity index is 1.65. The molecular formula is C18H21NO4. The maximum Gasteiger partial charge on any atom is 0.425 e. The third kappa shape index (κ3) is 3.60. The van der Waals surface area contributed by atoms with Gasteiger partial charge in [-0.1, -0.05) is 56.0 Å². The molecule has 5 nitrogen and oxygen atoms in total. The molecule has 2 amide bonds. The lowest BCUT2D eigenvalue weighted by Crippen LogP contribution is -2.41. The van der Waals surface area contributed by atoms with Crippen molar-refractivity contribution in [3.05, 3.63) is 35.9 Å². The number of esters is 1. The van der Waals surface area contributed by atoms with Crippen LogP contribution in [0.4, 0.5) is 4.79 Å². The van der Waals surface area contributed by atoms with E-state index in [-0.39, 0.29) is 5.91 Å². The predicted octanol–water partition coefficient (Wildman–Crippen LogP) is 3.07. The first-order chi connectivity index (χ1) is 11.1. The molecule has 1 unspecified atom stereocenters. The van der Waals surface area contributed by atoms with Crippen molar-refractivity contribution >= 4 is 18.0 Å². The van der Waals surface area contributed by atoms with Crippen LogP contribution in [-0.4, -0.2) is 28.9 Å². The number of imide groups is 1. The molecule has 1 atom stereocenters. The van der Waals surface area contributed by atoms with E-state index in [1.54, 1.807) is 0 Å². The molecule has 2 aliphatic rings. The van der Waals surface area contributed by atoms with Crippen LogP contribution in [-0.2, 0) is 20.7 Å². The van der Waals surface area contributed by atoms with Gasteiger partial charge in [0.15, 0.2) is 0 Å². The summed E-state index contributed by atoms with van der Waals surface area (Å²) in [5.41, 5.74) is 0.901. The first kappa shape index (κ1) is 15.7. The summed E-state index contributed by atoms with van der Waals surface area (Å²) in [7, 11) is 0. The molecule has 1 saturated carbocycles. The number of rotatable bonds is 5. The number of cyclic esters (lactones) is 2. The minimum absolute atomic E-state index is 0.298. The normalized spacial score (nSPS) is 21.7. The van der Waals surface area contributed by atoms with Crippen molar-refractivity contribution in [2.45, 2.75) is 51.0 Å². The quantitative estimate of drug-likeness (QED) is 0.619. The van der Waals surface area contributed by atoms with Gasteiger partial charge in [-0.3, -0.25) is 4.79 Å². The van der Waals surface area contributed by atoms with Crippen LogP contribution in [0.5, 0.6) is 0 Å². The van der Waals surface area contributed by atoms with E-state index < -0.39 is 18.1 Å². The lowest BCUT2D eigenvalue weighted by Gasteiger charge is -2.19. The molecule has 1 aliphatic heterocycles. The van der Waals surface area contributed by atoms with Crippen LogP contribution in [0.15, 0.2) is 30.3 Å². The monoisotopic (exact) mass is 315 g/mol. The van der Waals surface area contributed by atoms with Crippen molar-refractivity contribution in [3.63, 3.8) is 0 Å². The Hall–Kier alpha value is -2.17. The maximum atomic E-state index is 12.4. The molecule has 1 aliphatic carbocycles. The first-order valence-corrected chi connectivity index (χ1v) is 8.27. The Morgan fingerprint density at radius 3 is 2.52 bits per heavy atom. The number of hydrogen-bond acceptors (Lipinski definition) is 4. The molecule has 23 heavy (non-hydrogen) atoms. The summed E-state index contributed by atoms with van der Waals surface area (Å²) in [5.74, 6) is -0.359. The minimum atomic E-state index is -0.832. The number of carbonyl (C=O) groups excluding carboxylic acids is 3. The van der Waals surface area contributed by atoms with Gasteiger partial charge in [0, 0.05) is 12.8 Å². The molecule has 0 bridgehead atoms. The molecular weight excluding hydrogens is 294 g/mol. The molecule has 2 fully saturated rings. The van der Waals surface area contributed by atoms with Crippen LogP contribution in [0.3, 0.4) is 0 Å². The Kier molecular flexibility index (Phi) is 4.74. The van der Waals surface area contributed by atoms with Gasteiger partial charge in [-0.25, -0.2) is 14.5 Å². The standard InChI is InChI=1S/C18H21NO4/c20-16(11-10-13-6-4-5-7-13)19-15(17(21)23-18(19)22)12-14-8-2-1-3-9-14/h1-3,8-9,13,15H,4-7,10-12H2. The molecule has 0 spiro atoms. The number of ether oxygens (including phenoxy) is 1. The van der Waals surface area contributed by atoms with Gasteiger partial charge in [-0.05, 0) is 17.9 Å². The summed E-state index contributed by atoms with van der Waals surface area (Å²) in [5, 5.41) is 0. The molecule has 3 rings (SSSR count). The lowest BCUT2D eigenvalue weighted by atomic mass is 10.0. The fourth-order valence-corrected chi connectivity index (χ4v) is 3.47. The minimum Gasteiger partial charge on any atom is -0.374 e. The Morgan fingerprint density at radius 1 is 1.13 bits per heavy atom. The Bertz CT molecular complexity index is 592. The summed E-state index contributed by atoms with van der Waals surface area (Å²) < 4.78 is 4.68. The summed E-state index contributed by atoms with van der Waals surface area (Å²) >= 11 is 0. The predicted molar refractivity (Wildman–Crippen MR) is 83.5 cm³/mol. The van der Waals surface area contributed by atoms with Gasteiger partial charge in [0.25, 0.3) is 0 Å². The molecule has 0 radical (unpaired) electrons. The zero-order chi connectivity index (χ0) is 16.2. The summed E-state index contributed by atoms with van der Waals surface area (Å²) in [4.78, 5) is 37.3. The van der Waals surface area contributed by atoms with Crippen LogP contribution in [0, 0.1) is 5.92 Å². The highest BCUT2D eigenvalue weighted by Crippen LogP contribution is 2.29. The van der Waals surface area contributed by atoms with Crippen LogP contribution in [0.1, 0.15) is 44.1 Å². The zero-order valence-electron chi connectivity index (χ0n) is 13.1. The average Bonchev–Trinajstić information content (AvgIpc) is 3.15. The second-order valence-electron chi connectivity index (χ2n) is 6.35. The molecule has 1 heterocycles. The van der Waals surface area contributed by atoms with Gasteiger partial charge in [0.2, 0.25) is 5.91 Å². The van der Waals surface area contributed by atoms with Crippen molar-refractivity contribution in [1.82, 2.24) is 4.90 Å². The van der Waals surface area contributed by atoms with Gasteiger partial charge in [0.1, 0.15) is 6.04 Å². The molecule has 1 aromatic carbocycles. The van der Waals surface area contributed by atoms with E-state index in [0.29, 0.717) is 18.8 Å². The number of hydrogen-bond donors (Lipinski definition) is 0. The van der Waals surface area contributed by atoms with Gasteiger partial charge in [-0.2, -0.15) is 0 Å². The van der Waals surface area contributed by atoms with E-state index >= 15 is 0 Å². The van der Waals surface area contributed by atoms with Crippen molar-refractivity contribution in [1.29, 1.82) is 0 Å². The smallest absolute Gasteiger partial charge is 0.374 e. The lowest BCUT2D eigenvalue weighted by molar-refractivity contribution is -0.138. The van der Waals surface area contributed by atoms with Crippen molar-refractivity contribution in [2.24, 2.45) is 5.92 Å².